The zero-order valence-corrected chi connectivity index (χ0v) is 6.86. The van der Waals surface area contributed by atoms with E-state index in [-0.39, 0.29) is 18.0 Å². The van der Waals surface area contributed by atoms with E-state index >= 15 is 0 Å². The van der Waals surface area contributed by atoms with Gasteiger partial charge < -0.3 is 5.43 Å². The van der Waals surface area contributed by atoms with Crippen LogP contribution in [-0.4, -0.2) is 0 Å². The van der Waals surface area contributed by atoms with Gasteiger partial charge in [0, 0.05) is 0 Å². The van der Waals surface area contributed by atoms with Crippen LogP contribution in [0.3, 0.4) is 0 Å². The van der Waals surface area contributed by atoms with E-state index in [2.05, 4.69) is 5.43 Å². The third-order valence-corrected chi connectivity index (χ3v) is 1.19. The summed E-state index contributed by atoms with van der Waals surface area (Å²) in [5.74, 6) is 4.54. The summed E-state index contributed by atoms with van der Waals surface area (Å²) >= 11 is 0. The SMILES string of the molecule is Cl.N#Cc1cc(F)cc(NN)c1. The molecule has 0 heterocycles. The van der Waals surface area contributed by atoms with Crippen LogP contribution in [0, 0.1) is 17.1 Å². The first-order chi connectivity index (χ1) is 5.26. The molecule has 0 aliphatic carbocycles. The van der Waals surface area contributed by atoms with Crippen LogP contribution in [-0.2, 0) is 0 Å². The number of anilines is 1. The minimum absolute atomic E-state index is 0. The Bertz CT molecular complexity index is 308. The Morgan fingerprint density at radius 3 is 2.58 bits per heavy atom. The van der Waals surface area contributed by atoms with E-state index in [4.69, 9.17) is 11.1 Å². The summed E-state index contributed by atoms with van der Waals surface area (Å²) in [6.45, 7) is 0. The quantitative estimate of drug-likeness (QED) is 0.516. The highest BCUT2D eigenvalue weighted by atomic mass is 35.5. The molecule has 0 radical (unpaired) electrons. The molecule has 0 saturated carbocycles. The lowest BCUT2D eigenvalue weighted by atomic mass is 10.2. The van der Waals surface area contributed by atoms with Gasteiger partial charge in [0.25, 0.3) is 0 Å². The van der Waals surface area contributed by atoms with Gasteiger partial charge in [0.2, 0.25) is 0 Å². The van der Waals surface area contributed by atoms with Crippen LogP contribution >= 0.6 is 12.4 Å². The molecule has 0 aliphatic heterocycles. The van der Waals surface area contributed by atoms with Gasteiger partial charge in [-0.15, -0.1) is 12.4 Å². The predicted octanol–water partition coefficient (Wildman–Crippen LogP) is 1.40. The Labute approximate surface area is 75.4 Å². The van der Waals surface area contributed by atoms with E-state index in [1.54, 1.807) is 6.07 Å². The van der Waals surface area contributed by atoms with Gasteiger partial charge in [0.15, 0.2) is 0 Å². The highest BCUT2D eigenvalue weighted by Gasteiger charge is 1.97. The van der Waals surface area contributed by atoms with Crippen LogP contribution in [0.5, 0.6) is 0 Å². The van der Waals surface area contributed by atoms with Crippen molar-refractivity contribution >= 4 is 18.1 Å². The van der Waals surface area contributed by atoms with E-state index < -0.39 is 5.82 Å². The molecule has 0 aliphatic rings. The standard InChI is InChI=1S/C7H6FN3.ClH/c8-6-1-5(4-9)2-7(3-6)11-10;/h1-3,11H,10H2;1H. The number of benzene rings is 1. The first kappa shape index (κ1) is 10.7. The van der Waals surface area contributed by atoms with Crippen LogP contribution < -0.4 is 11.3 Å². The summed E-state index contributed by atoms with van der Waals surface area (Å²) in [6, 6.07) is 5.62. The van der Waals surface area contributed by atoms with Gasteiger partial charge in [-0.25, -0.2) is 4.39 Å². The lowest BCUT2D eigenvalue weighted by molar-refractivity contribution is 0.628. The Balaban J connectivity index is 0.00000121. The summed E-state index contributed by atoms with van der Waals surface area (Å²) in [7, 11) is 0. The topological polar surface area (TPSA) is 61.8 Å². The van der Waals surface area contributed by atoms with Crippen molar-refractivity contribution in [2.24, 2.45) is 5.84 Å². The molecule has 0 spiro atoms. The van der Waals surface area contributed by atoms with Gasteiger partial charge in [0.05, 0.1) is 17.3 Å². The fourth-order valence-electron chi connectivity index (χ4n) is 0.738. The average molecular weight is 188 g/mol. The Hall–Kier alpha value is -1.31. The number of halogens is 2. The molecule has 1 aromatic carbocycles. The van der Waals surface area contributed by atoms with Crippen molar-refractivity contribution in [3.8, 4) is 6.07 Å². The molecule has 3 nitrogen and oxygen atoms in total. The molecule has 0 saturated heterocycles. The Morgan fingerprint density at radius 1 is 1.42 bits per heavy atom. The molecule has 1 aromatic rings. The first-order valence-electron chi connectivity index (χ1n) is 2.93. The maximum atomic E-state index is 12.6. The number of hydrogen-bond donors (Lipinski definition) is 2. The molecule has 64 valence electrons. The van der Waals surface area contributed by atoms with Gasteiger partial charge in [-0.05, 0) is 18.2 Å². The number of nitrogen functional groups attached to an aromatic ring is 1. The van der Waals surface area contributed by atoms with Gasteiger partial charge in [-0.3, -0.25) is 5.84 Å². The number of nitrogens with two attached hydrogens (primary N) is 1. The first-order valence-corrected chi connectivity index (χ1v) is 2.93. The van der Waals surface area contributed by atoms with E-state index in [1.807, 2.05) is 0 Å². The molecule has 0 fully saturated rings. The van der Waals surface area contributed by atoms with E-state index in [1.165, 1.54) is 12.1 Å². The van der Waals surface area contributed by atoms with Gasteiger partial charge in [-0.1, -0.05) is 0 Å². The van der Waals surface area contributed by atoms with Crippen molar-refractivity contribution < 1.29 is 4.39 Å². The van der Waals surface area contributed by atoms with Crippen molar-refractivity contribution in [1.82, 2.24) is 0 Å². The predicted molar refractivity (Wildman–Crippen MR) is 46.2 cm³/mol. The number of hydrogen-bond acceptors (Lipinski definition) is 3. The minimum atomic E-state index is -0.475. The van der Waals surface area contributed by atoms with Crippen molar-refractivity contribution in [3.05, 3.63) is 29.6 Å². The molecule has 12 heavy (non-hydrogen) atoms. The lowest BCUT2D eigenvalue weighted by Crippen LogP contribution is -2.06. The maximum Gasteiger partial charge on any atom is 0.126 e. The third-order valence-electron chi connectivity index (χ3n) is 1.19. The molecule has 5 heteroatoms. The van der Waals surface area contributed by atoms with Crippen LogP contribution in [0.1, 0.15) is 5.56 Å². The Morgan fingerprint density at radius 2 is 2.08 bits per heavy atom. The number of hydrazine groups is 1. The maximum absolute atomic E-state index is 12.6. The fourth-order valence-corrected chi connectivity index (χ4v) is 0.738. The molecule has 0 amide bonds. The molecular weight excluding hydrogens is 181 g/mol. The number of nitriles is 1. The van der Waals surface area contributed by atoms with Crippen molar-refractivity contribution in [2.75, 3.05) is 5.43 Å². The summed E-state index contributed by atoms with van der Waals surface area (Å²) in [4.78, 5) is 0. The monoisotopic (exact) mass is 187 g/mol. The molecular formula is C7H7ClFN3. The molecule has 0 atom stereocenters. The molecule has 3 N–H and O–H groups in total. The minimum Gasteiger partial charge on any atom is -0.324 e. The van der Waals surface area contributed by atoms with Crippen molar-refractivity contribution in [3.63, 3.8) is 0 Å². The second-order valence-electron chi connectivity index (χ2n) is 1.98. The number of rotatable bonds is 1. The van der Waals surface area contributed by atoms with Crippen LogP contribution in [0.15, 0.2) is 18.2 Å². The molecule has 0 aromatic heterocycles. The Kier molecular flexibility index (Phi) is 4.05. The number of nitrogens with zero attached hydrogens (tertiary/aromatic N) is 1. The zero-order valence-electron chi connectivity index (χ0n) is 6.04. The lowest BCUT2D eigenvalue weighted by Gasteiger charge is -1.98. The average Bonchev–Trinajstić information content (AvgIpc) is 2.03. The summed E-state index contributed by atoms with van der Waals surface area (Å²) in [5, 5.41) is 8.40. The third kappa shape index (κ3) is 2.38. The smallest absolute Gasteiger partial charge is 0.126 e. The normalized spacial score (nSPS) is 8.08. The van der Waals surface area contributed by atoms with E-state index in [0.29, 0.717) is 5.69 Å². The van der Waals surface area contributed by atoms with E-state index in [9.17, 15) is 4.39 Å². The highest BCUT2D eigenvalue weighted by molar-refractivity contribution is 5.85. The highest BCUT2D eigenvalue weighted by Crippen LogP contribution is 2.11. The second kappa shape index (κ2) is 4.54. The molecule has 0 unspecified atom stereocenters. The van der Waals surface area contributed by atoms with Gasteiger partial charge in [-0.2, -0.15) is 5.26 Å². The van der Waals surface area contributed by atoms with Crippen LogP contribution in [0.4, 0.5) is 10.1 Å². The summed E-state index contributed by atoms with van der Waals surface area (Å²) < 4.78 is 12.6. The molecule has 0 bridgehead atoms. The summed E-state index contributed by atoms with van der Waals surface area (Å²) in [5.41, 5.74) is 2.89. The van der Waals surface area contributed by atoms with Gasteiger partial charge >= 0.3 is 0 Å². The largest absolute Gasteiger partial charge is 0.324 e. The van der Waals surface area contributed by atoms with Crippen molar-refractivity contribution in [1.29, 1.82) is 5.26 Å². The molecule has 1 rings (SSSR count). The zero-order chi connectivity index (χ0) is 8.27. The number of nitrogens with one attached hydrogen (secondary N) is 1. The van der Waals surface area contributed by atoms with Crippen LogP contribution in [0.2, 0.25) is 0 Å². The van der Waals surface area contributed by atoms with E-state index in [0.717, 1.165) is 6.07 Å². The van der Waals surface area contributed by atoms with Crippen LogP contribution in [0.25, 0.3) is 0 Å². The summed E-state index contributed by atoms with van der Waals surface area (Å²) in [6.07, 6.45) is 0. The second-order valence-corrected chi connectivity index (χ2v) is 1.98. The fraction of sp³-hybridized carbons (Fsp3) is 0. The van der Waals surface area contributed by atoms with Crippen molar-refractivity contribution in [2.45, 2.75) is 0 Å². The van der Waals surface area contributed by atoms with Gasteiger partial charge in [0.1, 0.15) is 5.82 Å².